The maximum atomic E-state index is 12.9. The summed E-state index contributed by atoms with van der Waals surface area (Å²) in [5.41, 5.74) is 21.5. The van der Waals surface area contributed by atoms with Crippen molar-refractivity contribution in [3.05, 3.63) is 174 Å². The molecule has 5 fully saturated rings. The summed E-state index contributed by atoms with van der Waals surface area (Å²) in [7, 11) is -0.421. The Bertz CT molecular complexity index is 4920. The SMILES string of the molecule is CC(C)(C)OC(=O)NC1(c2ccc(-n3c(-c4cccnc4N)nc4ccc(-c5cccc(NC(=O)C6CCOCC6)c5)nc43)cc2)CCC1.CC(C)(C)OC(=O)NC1(c2ccc(-n3c(-c4cccnc4N)nc4ccc(Cl)nc43)cc2)CCC1.CC1(C)OB(c2cccc(NC(=O)C3CCOCC3)c2)OC1(C)C. The minimum Gasteiger partial charge on any atom is -0.444 e. The monoisotopic (exact) mass is 1480 g/mol. The number of pyridine rings is 4. The van der Waals surface area contributed by atoms with Crippen molar-refractivity contribution in [1.82, 2.24) is 49.7 Å². The van der Waals surface area contributed by atoms with Crippen molar-refractivity contribution in [2.24, 2.45) is 11.8 Å². The van der Waals surface area contributed by atoms with Crippen LogP contribution in [-0.2, 0) is 48.9 Å². The number of carbonyl (C=O) groups excluding carboxylic acids is 4. The van der Waals surface area contributed by atoms with E-state index in [4.69, 9.17) is 66.3 Å². The number of hydrogen-bond donors (Lipinski definition) is 6. The molecule has 2 saturated carbocycles. The average molecular weight is 1480 g/mol. The van der Waals surface area contributed by atoms with Gasteiger partial charge in [-0.1, -0.05) is 60.1 Å². The van der Waals surface area contributed by atoms with E-state index in [9.17, 15) is 19.2 Å². The molecule has 24 nitrogen and oxygen atoms in total. The summed E-state index contributed by atoms with van der Waals surface area (Å²) in [5.74, 6) is 2.01. The molecule has 5 aliphatic rings. The molecule has 4 aromatic carbocycles. The van der Waals surface area contributed by atoms with Crippen LogP contribution in [0.3, 0.4) is 0 Å². The van der Waals surface area contributed by atoms with Crippen LogP contribution in [0, 0.1) is 11.8 Å². The topological polar surface area (TPSA) is 311 Å². The molecule has 4 amide bonds. The molecule has 0 spiro atoms. The third-order valence-corrected chi connectivity index (χ3v) is 20.9. The molecule has 0 radical (unpaired) electrons. The van der Waals surface area contributed by atoms with E-state index in [1.54, 1.807) is 18.5 Å². The van der Waals surface area contributed by atoms with Crippen molar-refractivity contribution < 1.29 is 47.4 Å². The van der Waals surface area contributed by atoms with Crippen LogP contribution in [0.15, 0.2) is 158 Å². The molecule has 3 saturated heterocycles. The van der Waals surface area contributed by atoms with Crippen LogP contribution in [0.1, 0.15) is 145 Å². The van der Waals surface area contributed by atoms with Crippen LogP contribution in [0.4, 0.5) is 32.6 Å². The standard InChI is InChI=1S/C38H41N7O4.C26H27ClN6O2.C18H26BNO4/c1-37(2,3)49-36(47)44-38(18-6-19-38)26-10-12-28(13-11-26)45-33(29-9-5-20-40-32(29)39)43-31-15-14-30(42-34(31)45)25-7-4-8-27(23-25)41-35(46)24-16-21-48-22-17-24;1-25(2,3)35-24(34)32-26(13-5-14-26)16-7-9-17(10-8-16)33-22(18-6-4-15-29-21(18)28)30-19-11-12-20(27)31-23(19)33;1-17(2)18(3,4)24-19(23-17)14-6-5-7-15(12-14)20-16(21)13-8-10-22-11-9-13/h4-5,7-15,20,23-24H,6,16-19,21-22H2,1-3H3,(H2,39,40)(H,41,46)(H,44,47);4,6-12,15H,5,13-14H2,1-3H3,(H2,28,29)(H,32,34);5-7,12-13H,8-11H2,1-4H3,(H,20,21). The summed E-state index contributed by atoms with van der Waals surface area (Å²) in [6.07, 6.45) is 10.9. The predicted octanol–water partition coefficient (Wildman–Crippen LogP) is 15.0. The number of fused-ring (bicyclic) bond motifs is 2. The minimum atomic E-state index is -0.586. The van der Waals surface area contributed by atoms with Crippen molar-refractivity contribution in [2.45, 2.75) is 167 Å². The fraction of sp³-hybridized carbons (Fsp3) is 0.390. The molecule has 0 atom stereocenters. The fourth-order valence-electron chi connectivity index (χ4n) is 13.9. The second-order valence-corrected chi connectivity index (χ2v) is 31.6. The first kappa shape index (κ1) is 75.9. The lowest BCUT2D eigenvalue weighted by molar-refractivity contribution is -0.123. The number of benzene rings is 4. The molecule has 26 heteroatoms. The van der Waals surface area contributed by atoms with Crippen LogP contribution in [0.2, 0.25) is 5.15 Å². The molecule has 562 valence electrons. The number of alkyl carbamates (subject to hydrolysis) is 2. The van der Waals surface area contributed by atoms with E-state index >= 15 is 0 Å². The molecular weight excluding hydrogens is 1390 g/mol. The first-order chi connectivity index (χ1) is 51.5. The first-order valence-electron chi connectivity index (χ1n) is 37.0. The van der Waals surface area contributed by atoms with Crippen molar-refractivity contribution in [2.75, 3.05) is 48.5 Å². The number of ether oxygens (including phenoxy) is 4. The lowest BCUT2D eigenvalue weighted by Gasteiger charge is -2.43. The number of nitrogens with one attached hydrogen (secondary N) is 4. The summed E-state index contributed by atoms with van der Waals surface area (Å²) < 4.78 is 37.9. The van der Waals surface area contributed by atoms with E-state index in [0.717, 1.165) is 109 Å². The van der Waals surface area contributed by atoms with Gasteiger partial charge in [0.25, 0.3) is 0 Å². The number of imidazole rings is 2. The summed E-state index contributed by atoms with van der Waals surface area (Å²) >= 11 is 6.23. The van der Waals surface area contributed by atoms with Gasteiger partial charge in [0.2, 0.25) is 11.8 Å². The number of halogens is 1. The fourth-order valence-corrected chi connectivity index (χ4v) is 14.1. The highest BCUT2D eigenvalue weighted by molar-refractivity contribution is 6.62. The third-order valence-electron chi connectivity index (χ3n) is 20.7. The van der Waals surface area contributed by atoms with Gasteiger partial charge in [-0.05, 0) is 247 Å². The number of amides is 4. The number of nitrogens with two attached hydrogens (primary N) is 2. The Hall–Kier alpha value is -10.3. The van der Waals surface area contributed by atoms with Gasteiger partial charge in [-0.15, -0.1) is 0 Å². The highest BCUT2D eigenvalue weighted by Gasteiger charge is 2.52. The zero-order chi connectivity index (χ0) is 76.3. The number of nitrogens with zero attached hydrogens (tertiary/aromatic N) is 8. The molecule has 6 aromatic heterocycles. The zero-order valence-corrected chi connectivity index (χ0v) is 63.6. The van der Waals surface area contributed by atoms with Gasteiger partial charge < -0.3 is 61.0 Å². The highest BCUT2D eigenvalue weighted by atomic mass is 35.5. The largest absolute Gasteiger partial charge is 0.494 e. The van der Waals surface area contributed by atoms with Crippen LogP contribution in [-0.4, -0.2) is 119 Å². The molecule has 0 bridgehead atoms. The van der Waals surface area contributed by atoms with Gasteiger partial charge in [-0.2, -0.15) is 0 Å². The number of rotatable bonds is 14. The first-order valence-corrected chi connectivity index (χ1v) is 37.3. The molecule has 9 heterocycles. The van der Waals surface area contributed by atoms with E-state index in [1.807, 2.05) is 218 Å². The Balaban J connectivity index is 0.000000152. The number of nitrogen functional groups attached to an aromatic ring is 2. The Morgan fingerprint density at radius 3 is 1.40 bits per heavy atom. The van der Waals surface area contributed by atoms with Gasteiger partial charge >= 0.3 is 19.3 Å². The van der Waals surface area contributed by atoms with Gasteiger partial charge in [0.15, 0.2) is 22.9 Å². The molecule has 3 aliphatic heterocycles. The molecule has 15 rings (SSSR count). The summed E-state index contributed by atoms with van der Waals surface area (Å²) in [6.45, 7) is 21.8. The Morgan fingerprint density at radius 1 is 0.528 bits per heavy atom. The normalized spacial score (nSPS) is 17.3. The van der Waals surface area contributed by atoms with Gasteiger partial charge in [0.05, 0.1) is 39.1 Å². The average Bonchev–Trinajstić information content (AvgIpc) is 1.43. The molecule has 8 N–H and O–H groups in total. The Labute approximate surface area is 634 Å². The van der Waals surface area contributed by atoms with E-state index in [0.29, 0.717) is 94.0 Å². The second-order valence-electron chi connectivity index (χ2n) is 31.2. The molecule has 2 aliphatic carbocycles. The van der Waals surface area contributed by atoms with Crippen LogP contribution in [0.25, 0.3) is 67.7 Å². The van der Waals surface area contributed by atoms with E-state index in [-0.39, 0.29) is 34.9 Å². The highest BCUT2D eigenvalue weighted by Crippen LogP contribution is 2.45. The van der Waals surface area contributed by atoms with Gasteiger partial charge in [-0.3, -0.25) is 18.7 Å². The summed E-state index contributed by atoms with van der Waals surface area (Å²) in [4.78, 5) is 78.6. The van der Waals surface area contributed by atoms with Crippen molar-refractivity contribution >= 4 is 93.5 Å². The molecule has 108 heavy (non-hydrogen) atoms. The van der Waals surface area contributed by atoms with Crippen molar-refractivity contribution in [3.8, 4) is 45.4 Å². The number of anilines is 4. The van der Waals surface area contributed by atoms with Gasteiger partial charge in [0, 0.05) is 79.0 Å². The smallest absolute Gasteiger partial charge is 0.444 e. The second kappa shape index (κ2) is 31.1. The lowest BCUT2D eigenvalue weighted by Crippen LogP contribution is -2.52. The van der Waals surface area contributed by atoms with Crippen molar-refractivity contribution in [1.29, 1.82) is 0 Å². The molecular formula is C82H94BClN14O10. The predicted molar refractivity (Wildman–Crippen MR) is 420 cm³/mol. The quantitative estimate of drug-likeness (QED) is 0.0435. The lowest BCUT2D eigenvalue weighted by atomic mass is 9.72. The summed E-state index contributed by atoms with van der Waals surface area (Å²) in [6, 6.07) is 46.4. The third kappa shape index (κ3) is 17.0. The summed E-state index contributed by atoms with van der Waals surface area (Å²) in [5, 5.41) is 12.7. The number of hydrogen-bond acceptors (Lipinski definition) is 18. The van der Waals surface area contributed by atoms with Crippen LogP contribution < -0.4 is 38.2 Å². The number of aromatic nitrogens is 8. The Morgan fingerprint density at radius 2 is 0.963 bits per heavy atom. The Kier molecular flexibility index (Phi) is 21.9. The minimum absolute atomic E-state index is 0.00839. The van der Waals surface area contributed by atoms with Gasteiger partial charge in [-0.25, -0.2) is 39.5 Å². The maximum Gasteiger partial charge on any atom is 0.494 e. The van der Waals surface area contributed by atoms with Crippen LogP contribution >= 0.6 is 11.6 Å². The number of carbonyl (C=O) groups is 4. The van der Waals surface area contributed by atoms with Crippen molar-refractivity contribution in [3.63, 3.8) is 0 Å². The van der Waals surface area contributed by atoms with E-state index in [1.165, 1.54) is 0 Å². The zero-order valence-electron chi connectivity index (χ0n) is 62.8. The van der Waals surface area contributed by atoms with Crippen LogP contribution in [0.5, 0.6) is 0 Å². The van der Waals surface area contributed by atoms with Gasteiger partial charge in [0.1, 0.15) is 39.0 Å². The van der Waals surface area contributed by atoms with E-state index in [2.05, 4.69) is 36.2 Å². The van der Waals surface area contributed by atoms with E-state index < -0.39 is 41.6 Å². The molecule has 10 aromatic rings. The maximum absolute atomic E-state index is 12.9. The molecule has 0 unspecified atom stereocenters.